The molecular formula is C11H10Br2FNO. The highest BCUT2D eigenvalue weighted by Gasteiger charge is 2.04. The van der Waals surface area contributed by atoms with Crippen LogP contribution in [0.3, 0.4) is 0 Å². The van der Waals surface area contributed by atoms with Gasteiger partial charge >= 0.3 is 0 Å². The number of carbonyl (C=O) groups excluding carboxylic acids is 1. The Kier molecular flexibility index (Phi) is 5.15. The average molecular weight is 351 g/mol. The summed E-state index contributed by atoms with van der Waals surface area (Å²) in [5.41, 5.74) is 0.466. The second-order valence-electron chi connectivity index (χ2n) is 3.12. The maximum atomic E-state index is 13.5. The molecule has 0 aliphatic heterocycles. The molecule has 0 unspecified atom stereocenters. The highest BCUT2D eigenvalue weighted by Crippen LogP contribution is 2.26. The fraction of sp³-hybridized carbons (Fsp3) is 0.182. The molecule has 0 aromatic heterocycles. The maximum absolute atomic E-state index is 13.5. The Morgan fingerprint density at radius 3 is 2.75 bits per heavy atom. The molecular weight excluding hydrogens is 341 g/mol. The molecule has 1 aromatic carbocycles. The van der Waals surface area contributed by atoms with Crippen LogP contribution in [0, 0.1) is 5.82 Å². The normalized spacial score (nSPS) is 10.8. The molecule has 1 aromatic rings. The summed E-state index contributed by atoms with van der Waals surface area (Å²) in [6.45, 7) is 1.82. The first-order valence-corrected chi connectivity index (χ1v) is 6.15. The van der Waals surface area contributed by atoms with Gasteiger partial charge in [0.2, 0.25) is 5.91 Å². The quantitative estimate of drug-likeness (QED) is 0.888. The van der Waals surface area contributed by atoms with E-state index in [0.717, 1.165) is 0 Å². The summed E-state index contributed by atoms with van der Waals surface area (Å²) in [5, 5.41) is 2.59. The van der Waals surface area contributed by atoms with Crippen molar-refractivity contribution >= 4 is 43.8 Å². The lowest BCUT2D eigenvalue weighted by Crippen LogP contribution is -2.19. The van der Waals surface area contributed by atoms with E-state index < -0.39 is 0 Å². The number of halogens is 3. The molecule has 1 rings (SSSR count). The predicted octanol–water partition coefficient (Wildman–Crippen LogP) is 3.50. The maximum Gasteiger partial charge on any atom is 0.217 e. The Bertz CT molecular complexity index is 409. The van der Waals surface area contributed by atoms with Gasteiger partial charge < -0.3 is 5.32 Å². The summed E-state index contributed by atoms with van der Waals surface area (Å²) in [4.78, 5) is 10.6. The van der Waals surface area contributed by atoms with E-state index in [2.05, 4.69) is 37.2 Å². The fourth-order valence-corrected chi connectivity index (χ4v) is 2.40. The van der Waals surface area contributed by atoms with Gasteiger partial charge in [-0.2, -0.15) is 0 Å². The topological polar surface area (TPSA) is 29.1 Å². The second kappa shape index (κ2) is 6.15. The SMILES string of the molecule is CC(=O)NCC=Cc1c(F)cc(Br)cc1Br. The number of nitrogens with one attached hydrogen (secondary N) is 1. The molecule has 1 amide bonds. The second-order valence-corrected chi connectivity index (χ2v) is 4.89. The summed E-state index contributed by atoms with van der Waals surface area (Å²) < 4.78 is 14.8. The van der Waals surface area contributed by atoms with Crippen molar-refractivity contribution < 1.29 is 9.18 Å². The van der Waals surface area contributed by atoms with E-state index in [1.54, 1.807) is 18.2 Å². The van der Waals surface area contributed by atoms with Gasteiger partial charge in [0.1, 0.15) is 5.82 Å². The Morgan fingerprint density at radius 2 is 2.19 bits per heavy atom. The van der Waals surface area contributed by atoms with Crippen molar-refractivity contribution in [1.82, 2.24) is 5.32 Å². The van der Waals surface area contributed by atoms with Gasteiger partial charge in [0, 0.05) is 28.0 Å². The van der Waals surface area contributed by atoms with Gasteiger partial charge in [0.05, 0.1) is 0 Å². The molecule has 0 spiro atoms. The van der Waals surface area contributed by atoms with E-state index in [0.29, 0.717) is 21.1 Å². The van der Waals surface area contributed by atoms with Gasteiger partial charge in [0.15, 0.2) is 0 Å². The molecule has 2 nitrogen and oxygen atoms in total. The summed E-state index contributed by atoms with van der Waals surface area (Å²) in [7, 11) is 0. The first-order valence-electron chi connectivity index (χ1n) is 4.56. The molecule has 16 heavy (non-hydrogen) atoms. The van der Waals surface area contributed by atoms with Crippen LogP contribution in [0.4, 0.5) is 4.39 Å². The lowest BCUT2D eigenvalue weighted by Gasteiger charge is -2.02. The molecule has 1 N–H and O–H groups in total. The summed E-state index contributed by atoms with van der Waals surface area (Å²) in [6, 6.07) is 3.16. The third-order valence-electron chi connectivity index (χ3n) is 1.80. The van der Waals surface area contributed by atoms with Crippen molar-refractivity contribution in [2.24, 2.45) is 0 Å². The summed E-state index contributed by atoms with van der Waals surface area (Å²) in [5.74, 6) is -0.430. The number of rotatable bonds is 3. The third kappa shape index (κ3) is 4.06. The largest absolute Gasteiger partial charge is 0.353 e. The van der Waals surface area contributed by atoms with Crippen molar-refractivity contribution in [3.8, 4) is 0 Å². The third-order valence-corrected chi connectivity index (χ3v) is 2.91. The van der Waals surface area contributed by atoms with Gasteiger partial charge in [-0.3, -0.25) is 4.79 Å². The summed E-state index contributed by atoms with van der Waals surface area (Å²) >= 11 is 6.47. The Labute approximate surface area is 110 Å². The van der Waals surface area contributed by atoms with E-state index in [4.69, 9.17) is 0 Å². The van der Waals surface area contributed by atoms with E-state index >= 15 is 0 Å². The Morgan fingerprint density at radius 1 is 1.50 bits per heavy atom. The lowest BCUT2D eigenvalue weighted by atomic mass is 10.2. The molecule has 0 fully saturated rings. The molecule has 0 aliphatic carbocycles. The molecule has 0 saturated carbocycles. The van der Waals surface area contributed by atoms with Crippen LogP contribution >= 0.6 is 31.9 Å². The molecule has 0 aliphatic rings. The van der Waals surface area contributed by atoms with Crippen LogP contribution in [0.2, 0.25) is 0 Å². The highest BCUT2D eigenvalue weighted by molar-refractivity contribution is 9.11. The monoisotopic (exact) mass is 349 g/mol. The molecule has 86 valence electrons. The van der Waals surface area contributed by atoms with Crippen molar-refractivity contribution in [2.75, 3.05) is 6.54 Å². The van der Waals surface area contributed by atoms with Crippen molar-refractivity contribution in [3.05, 3.63) is 38.5 Å². The zero-order chi connectivity index (χ0) is 12.1. The number of benzene rings is 1. The molecule has 0 atom stereocenters. The van der Waals surface area contributed by atoms with Crippen LogP contribution in [0.1, 0.15) is 12.5 Å². The number of carbonyl (C=O) groups is 1. The van der Waals surface area contributed by atoms with Crippen LogP contribution in [-0.2, 0) is 4.79 Å². The van der Waals surface area contributed by atoms with E-state index in [-0.39, 0.29) is 11.7 Å². The van der Waals surface area contributed by atoms with Gasteiger partial charge in [-0.05, 0) is 12.1 Å². The van der Waals surface area contributed by atoms with Crippen molar-refractivity contribution in [3.63, 3.8) is 0 Å². The smallest absolute Gasteiger partial charge is 0.217 e. The molecule has 0 radical (unpaired) electrons. The van der Waals surface area contributed by atoms with E-state index in [1.165, 1.54) is 13.0 Å². The Hall–Kier alpha value is -0.680. The molecule has 5 heteroatoms. The zero-order valence-electron chi connectivity index (χ0n) is 8.56. The van der Waals surface area contributed by atoms with Gasteiger partial charge in [-0.1, -0.05) is 44.0 Å². The number of hydrogen-bond donors (Lipinski definition) is 1. The minimum absolute atomic E-state index is 0.111. The standard InChI is InChI=1S/C11H10Br2FNO/c1-7(16)15-4-2-3-9-10(13)5-8(12)6-11(9)14/h2-3,5-6H,4H2,1H3,(H,15,16). The van der Waals surface area contributed by atoms with E-state index in [1.807, 2.05) is 0 Å². The minimum atomic E-state index is -0.319. The molecule has 0 bridgehead atoms. The Balaban J connectivity index is 2.77. The van der Waals surface area contributed by atoms with Gasteiger partial charge in [0.25, 0.3) is 0 Å². The van der Waals surface area contributed by atoms with Crippen LogP contribution in [0.5, 0.6) is 0 Å². The van der Waals surface area contributed by atoms with Gasteiger partial charge in [-0.25, -0.2) is 4.39 Å². The zero-order valence-corrected chi connectivity index (χ0v) is 11.7. The number of hydrogen-bond acceptors (Lipinski definition) is 1. The van der Waals surface area contributed by atoms with Crippen LogP contribution in [-0.4, -0.2) is 12.5 Å². The molecule has 0 heterocycles. The summed E-state index contributed by atoms with van der Waals surface area (Å²) in [6.07, 6.45) is 3.32. The lowest BCUT2D eigenvalue weighted by molar-refractivity contribution is -0.118. The van der Waals surface area contributed by atoms with Crippen LogP contribution in [0.25, 0.3) is 6.08 Å². The first kappa shape index (κ1) is 13.4. The van der Waals surface area contributed by atoms with Crippen LogP contribution in [0.15, 0.2) is 27.2 Å². The van der Waals surface area contributed by atoms with Gasteiger partial charge in [-0.15, -0.1) is 0 Å². The predicted molar refractivity (Wildman–Crippen MR) is 69.5 cm³/mol. The van der Waals surface area contributed by atoms with Crippen LogP contribution < -0.4 is 5.32 Å². The van der Waals surface area contributed by atoms with Crippen molar-refractivity contribution in [2.45, 2.75) is 6.92 Å². The number of amides is 1. The first-order chi connectivity index (χ1) is 7.50. The fourth-order valence-electron chi connectivity index (χ4n) is 1.09. The van der Waals surface area contributed by atoms with E-state index in [9.17, 15) is 9.18 Å². The highest BCUT2D eigenvalue weighted by atomic mass is 79.9. The molecule has 0 saturated heterocycles. The average Bonchev–Trinajstić information content (AvgIpc) is 2.14. The minimum Gasteiger partial charge on any atom is -0.353 e. The van der Waals surface area contributed by atoms with Crippen molar-refractivity contribution in [1.29, 1.82) is 0 Å².